The molecule has 0 atom stereocenters. The number of hydrogen-bond donors (Lipinski definition) is 3. The van der Waals surface area contributed by atoms with Crippen molar-refractivity contribution in [3.63, 3.8) is 0 Å². The Labute approximate surface area is 178 Å². The van der Waals surface area contributed by atoms with Crippen molar-refractivity contribution in [2.75, 3.05) is 11.3 Å². The van der Waals surface area contributed by atoms with E-state index >= 15 is 0 Å². The van der Waals surface area contributed by atoms with Crippen LogP contribution >= 0.6 is 12.2 Å². The predicted octanol–water partition coefficient (Wildman–Crippen LogP) is 2.32. The quantitative estimate of drug-likeness (QED) is 0.458. The minimum atomic E-state index is -3.82. The third kappa shape index (κ3) is 5.51. The van der Waals surface area contributed by atoms with E-state index in [-0.39, 0.29) is 17.2 Å². The number of nitrogens with one attached hydrogen (secondary N) is 3. The Bertz CT molecular complexity index is 1190. The number of sulfonamides is 1. The van der Waals surface area contributed by atoms with E-state index in [0.29, 0.717) is 23.4 Å². The molecule has 0 saturated carbocycles. The Balaban J connectivity index is 1.52. The highest BCUT2D eigenvalue weighted by molar-refractivity contribution is 7.92. The topological polar surface area (TPSA) is 109 Å². The summed E-state index contributed by atoms with van der Waals surface area (Å²) in [6, 6.07) is 11.0. The third-order valence-corrected chi connectivity index (χ3v) is 6.10. The van der Waals surface area contributed by atoms with Crippen LogP contribution in [0.5, 0.6) is 0 Å². The standard InChI is InChI=1S/C19H20FN5O3S2/c1-25-17(22-23-19(25)29)10-11-21-18(26)12-13-2-6-15(7-3-13)24-30(27,28)16-8-4-14(20)5-9-16/h2-9,24H,10-12H2,1H3,(H,21,26)(H,23,29). The number of nitrogens with zero attached hydrogens (tertiary/aromatic N) is 2. The number of aromatic nitrogens is 3. The molecule has 8 nitrogen and oxygen atoms in total. The summed E-state index contributed by atoms with van der Waals surface area (Å²) in [5.74, 6) is 0.0736. The van der Waals surface area contributed by atoms with Crippen molar-refractivity contribution in [3.05, 3.63) is 70.5 Å². The number of aromatic amines is 1. The van der Waals surface area contributed by atoms with Gasteiger partial charge in [0.1, 0.15) is 11.6 Å². The molecule has 0 spiro atoms. The largest absolute Gasteiger partial charge is 0.355 e. The minimum Gasteiger partial charge on any atom is -0.355 e. The van der Waals surface area contributed by atoms with Crippen LogP contribution in [0.25, 0.3) is 0 Å². The van der Waals surface area contributed by atoms with Gasteiger partial charge in [0, 0.05) is 25.7 Å². The Morgan fingerprint density at radius 2 is 1.83 bits per heavy atom. The molecule has 158 valence electrons. The molecule has 3 N–H and O–H groups in total. The maximum absolute atomic E-state index is 13.0. The molecule has 1 heterocycles. The van der Waals surface area contributed by atoms with E-state index in [1.807, 2.05) is 0 Å². The minimum absolute atomic E-state index is 0.0409. The Morgan fingerprint density at radius 1 is 1.17 bits per heavy atom. The first kappa shape index (κ1) is 21.7. The lowest BCUT2D eigenvalue weighted by atomic mass is 10.1. The van der Waals surface area contributed by atoms with Gasteiger partial charge in [-0.25, -0.2) is 12.8 Å². The van der Waals surface area contributed by atoms with Crippen LogP contribution in [-0.2, 0) is 34.7 Å². The maximum Gasteiger partial charge on any atom is 0.261 e. The molecule has 0 unspecified atom stereocenters. The molecule has 3 aromatic rings. The molecule has 1 amide bonds. The van der Waals surface area contributed by atoms with E-state index in [4.69, 9.17) is 12.2 Å². The van der Waals surface area contributed by atoms with Gasteiger partial charge in [0.15, 0.2) is 4.77 Å². The van der Waals surface area contributed by atoms with Crippen molar-refractivity contribution in [2.45, 2.75) is 17.7 Å². The van der Waals surface area contributed by atoms with Gasteiger partial charge in [-0.2, -0.15) is 5.10 Å². The van der Waals surface area contributed by atoms with Crippen LogP contribution in [-0.4, -0.2) is 35.6 Å². The van der Waals surface area contributed by atoms with Crippen LogP contribution < -0.4 is 10.0 Å². The molecule has 0 saturated heterocycles. The molecule has 0 aliphatic rings. The zero-order valence-corrected chi connectivity index (χ0v) is 17.7. The molecule has 3 rings (SSSR count). The first-order chi connectivity index (χ1) is 14.2. The highest BCUT2D eigenvalue weighted by Gasteiger charge is 2.14. The number of hydrogen-bond acceptors (Lipinski definition) is 5. The summed E-state index contributed by atoms with van der Waals surface area (Å²) in [7, 11) is -2.02. The van der Waals surface area contributed by atoms with Crippen LogP contribution in [0.3, 0.4) is 0 Å². The molecule has 0 radical (unpaired) electrons. The fourth-order valence-corrected chi connectivity index (χ4v) is 3.89. The van der Waals surface area contributed by atoms with Gasteiger partial charge in [-0.3, -0.25) is 14.6 Å². The van der Waals surface area contributed by atoms with E-state index in [0.717, 1.165) is 23.5 Å². The number of amides is 1. The van der Waals surface area contributed by atoms with Gasteiger partial charge >= 0.3 is 0 Å². The number of carbonyl (C=O) groups excluding carboxylic acids is 1. The van der Waals surface area contributed by atoms with Gasteiger partial charge in [0.25, 0.3) is 10.0 Å². The molecule has 0 aliphatic heterocycles. The summed E-state index contributed by atoms with van der Waals surface area (Å²) in [4.78, 5) is 12.1. The lowest BCUT2D eigenvalue weighted by Gasteiger charge is -2.09. The van der Waals surface area contributed by atoms with E-state index < -0.39 is 15.8 Å². The van der Waals surface area contributed by atoms with Crippen LogP contribution in [0.15, 0.2) is 53.4 Å². The molecule has 2 aromatic carbocycles. The second-order valence-electron chi connectivity index (χ2n) is 6.54. The van der Waals surface area contributed by atoms with E-state index in [2.05, 4.69) is 20.2 Å². The van der Waals surface area contributed by atoms with Gasteiger partial charge < -0.3 is 9.88 Å². The average Bonchev–Trinajstić information content (AvgIpc) is 3.02. The van der Waals surface area contributed by atoms with Crippen molar-refractivity contribution in [1.29, 1.82) is 0 Å². The highest BCUT2D eigenvalue weighted by Crippen LogP contribution is 2.17. The summed E-state index contributed by atoms with van der Waals surface area (Å²) >= 11 is 5.04. The Hall–Kier alpha value is -3.05. The van der Waals surface area contributed by atoms with Crippen molar-refractivity contribution >= 4 is 33.8 Å². The number of anilines is 1. The van der Waals surface area contributed by atoms with Gasteiger partial charge in [-0.15, -0.1) is 0 Å². The second-order valence-corrected chi connectivity index (χ2v) is 8.61. The fraction of sp³-hybridized carbons (Fsp3) is 0.211. The predicted molar refractivity (Wildman–Crippen MR) is 112 cm³/mol. The summed E-state index contributed by atoms with van der Waals surface area (Å²) in [5.41, 5.74) is 1.07. The van der Waals surface area contributed by atoms with E-state index in [1.54, 1.807) is 35.9 Å². The molecule has 0 fully saturated rings. The monoisotopic (exact) mass is 449 g/mol. The van der Waals surface area contributed by atoms with Crippen molar-refractivity contribution < 1.29 is 17.6 Å². The molecule has 1 aromatic heterocycles. The lowest BCUT2D eigenvalue weighted by Crippen LogP contribution is -2.27. The SMILES string of the molecule is Cn1c(CCNC(=O)Cc2ccc(NS(=O)(=O)c3ccc(F)cc3)cc2)n[nH]c1=S. The van der Waals surface area contributed by atoms with Crippen molar-refractivity contribution in [1.82, 2.24) is 20.1 Å². The van der Waals surface area contributed by atoms with Crippen molar-refractivity contribution in [2.24, 2.45) is 7.05 Å². The second kappa shape index (κ2) is 9.18. The Kier molecular flexibility index (Phi) is 6.63. The third-order valence-electron chi connectivity index (χ3n) is 4.34. The highest BCUT2D eigenvalue weighted by atomic mass is 32.2. The number of H-pyrrole nitrogens is 1. The smallest absolute Gasteiger partial charge is 0.261 e. The lowest BCUT2D eigenvalue weighted by molar-refractivity contribution is -0.120. The van der Waals surface area contributed by atoms with Crippen LogP contribution in [0.2, 0.25) is 0 Å². The molecular formula is C19H20FN5O3S2. The van der Waals surface area contributed by atoms with Crippen LogP contribution in [0.1, 0.15) is 11.4 Å². The van der Waals surface area contributed by atoms with Gasteiger partial charge in [0.05, 0.1) is 11.3 Å². The van der Waals surface area contributed by atoms with Gasteiger partial charge in [-0.1, -0.05) is 12.1 Å². The van der Waals surface area contributed by atoms with Gasteiger partial charge in [-0.05, 0) is 54.2 Å². The summed E-state index contributed by atoms with van der Waals surface area (Å²) < 4.78 is 42.3. The normalized spacial score (nSPS) is 11.3. The molecular weight excluding hydrogens is 429 g/mol. The fourth-order valence-electron chi connectivity index (χ4n) is 2.68. The van der Waals surface area contributed by atoms with Gasteiger partial charge in [0.2, 0.25) is 5.91 Å². The molecule has 11 heteroatoms. The van der Waals surface area contributed by atoms with E-state index in [1.165, 1.54) is 12.1 Å². The zero-order chi connectivity index (χ0) is 21.7. The molecule has 0 aliphatic carbocycles. The first-order valence-corrected chi connectivity index (χ1v) is 10.9. The Morgan fingerprint density at radius 3 is 2.43 bits per heavy atom. The van der Waals surface area contributed by atoms with Crippen molar-refractivity contribution in [3.8, 4) is 0 Å². The summed E-state index contributed by atoms with van der Waals surface area (Å²) in [6.07, 6.45) is 0.698. The number of halogens is 1. The molecule has 0 bridgehead atoms. The number of benzene rings is 2. The average molecular weight is 450 g/mol. The molecule has 30 heavy (non-hydrogen) atoms. The van der Waals surface area contributed by atoms with Crippen LogP contribution in [0, 0.1) is 10.6 Å². The zero-order valence-electron chi connectivity index (χ0n) is 16.1. The van der Waals surface area contributed by atoms with Crippen LogP contribution in [0.4, 0.5) is 10.1 Å². The maximum atomic E-state index is 13.0. The summed E-state index contributed by atoms with van der Waals surface area (Å²) in [6.45, 7) is 0.419. The van der Waals surface area contributed by atoms with E-state index in [9.17, 15) is 17.6 Å². The summed E-state index contributed by atoms with van der Waals surface area (Å²) in [5, 5.41) is 9.58. The first-order valence-electron chi connectivity index (χ1n) is 8.99. The number of rotatable bonds is 8. The number of carbonyl (C=O) groups is 1.